The number of amides is 1. The van der Waals surface area contributed by atoms with Crippen molar-refractivity contribution in [2.45, 2.75) is 0 Å². The zero-order valence-electron chi connectivity index (χ0n) is 13.1. The molecule has 4 rings (SSSR count). The largest absolute Gasteiger partial charge is 0.360 e. The number of carbonyl (C=O) groups is 1. The van der Waals surface area contributed by atoms with Gasteiger partial charge in [0.05, 0.1) is 15.1 Å². The van der Waals surface area contributed by atoms with Crippen LogP contribution >= 0.6 is 22.7 Å². The molecule has 0 fully saturated rings. The van der Waals surface area contributed by atoms with Gasteiger partial charge in [0.25, 0.3) is 5.91 Å². The number of para-hydroxylation sites is 1. The number of rotatable bonds is 5. The van der Waals surface area contributed by atoms with Gasteiger partial charge < -0.3 is 10.6 Å². The van der Waals surface area contributed by atoms with Crippen LogP contribution in [0, 0.1) is 5.82 Å². The minimum absolute atomic E-state index is 0.146. The second kappa shape index (κ2) is 6.78. The molecule has 4 nitrogen and oxygen atoms in total. The fourth-order valence-corrected chi connectivity index (χ4v) is 4.36. The molecule has 2 aromatic carbocycles. The quantitative estimate of drug-likeness (QED) is 0.508. The van der Waals surface area contributed by atoms with Gasteiger partial charge in [0.1, 0.15) is 5.82 Å². The number of fused-ring (bicyclic) bond motifs is 2. The first-order valence-electron chi connectivity index (χ1n) is 7.76. The standard InChI is InChI=1S/C18H14FN3OS2/c19-12-5-6-14-11(9-12)10-16(24-14)17(23)20-7-8-21-18-22-13-3-1-2-4-15(13)25-18/h1-6,9-10H,7-8H2,(H,20,23)(H,21,22). The van der Waals surface area contributed by atoms with Gasteiger partial charge in [-0.05, 0) is 41.8 Å². The van der Waals surface area contributed by atoms with E-state index in [1.807, 2.05) is 24.3 Å². The predicted molar refractivity (Wildman–Crippen MR) is 102 cm³/mol. The molecule has 0 unspecified atom stereocenters. The van der Waals surface area contributed by atoms with E-state index in [0.717, 1.165) is 25.4 Å². The lowest BCUT2D eigenvalue weighted by Crippen LogP contribution is -2.28. The Kier molecular flexibility index (Phi) is 4.33. The van der Waals surface area contributed by atoms with E-state index < -0.39 is 0 Å². The molecule has 2 aromatic heterocycles. The third kappa shape index (κ3) is 3.47. The summed E-state index contributed by atoms with van der Waals surface area (Å²) in [6, 6.07) is 14.2. The summed E-state index contributed by atoms with van der Waals surface area (Å²) in [4.78, 5) is 17.3. The summed E-state index contributed by atoms with van der Waals surface area (Å²) in [6.07, 6.45) is 0. The van der Waals surface area contributed by atoms with Gasteiger partial charge in [-0.3, -0.25) is 4.79 Å². The molecule has 126 valence electrons. The molecule has 25 heavy (non-hydrogen) atoms. The molecule has 7 heteroatoms. The number of carbonyl (C=O) groups excluding carboxylic acids is 1. The van der Waals surface area contributed by atoms with Crippen molar-refractivity contribution in [2.75, 3.05) is 18.4 Å². The molecule has 0 saturated carbocycles. The van der Waals surface area contributed by atoms with Crippen LogP contribution in [0.15, 0.2) is 48.5 Å². The van der Waals surface area contributed by atoms with Crippen LogP contribution in [0.5, 0.6) is 0 Å². The van der Waals surface area contributed by atoms with Gasteiger partial charge in [0.15, 0.2) is 5.13 Å². The molecular weight excluding hydrogens is 357 g/mol. The molecule has 1 amide bonds. The van der Waals surface area contributed by atoms with Crippen LogP contribution in [0.25, 0.3) is 20.3 Å². The number of hydrogen-bond donors (Lipinski definition) is 2. The molecule has 4 aromatic rings. The van der Waals surface area contributed by atoms with Gasteiger partial charge in [-0.25, -0.2) is 9.37 Å². The third-order valence-electron chi connectivity index (χ3n) is 3.68. The van der Waals surface area contributed by atoms with Crippen molar-refractivity contribution in [3.63, 3.8) is 0 Å². The average Bonchev–Trinajstić information content (AvgIpc) is 3.21. The van der Waals surface area contributed by atoms with Crippen LogP contribution in [0.2, 0.25) is 0 Å². The molecule has 0 aliphatic rings. The Bertz CT molecular complexity index is 1020. The number of nitrogens with one attached hydrogen (secondary N) is 2. The number of thiazole rings is 1. The molecule has 0 atom stereocenters. The second-order valence-electron chi connectivity index (χ2n) is 5.46. The van der Waals surface area contributed by atoms with Crippen molar-refractivity contribution in [1.29, 1.82) is 0 Å². The van der Waals surface area contributed by atoms with E-state index in [2.05, 4.69) is 15.6 Å². The number of thiophene rings is 1. The summed E-state index contributed by atoms with van der Waals surface area (Å²) in [5.74, 6) is -0.440. The van der Waals surface area contributed by atoms with E-state index in [4.69, 9.17) is 0 Å². The molecule has 2 heterocycles. The van der Waals surface area contributed by atoms with Gasteiger partial charge >= 0.3 is 0 Å². The maximum absolute atomic E-state index is 13.2. The van der Waals surface area contributed by atoms with Crippen molar-refractivity contribution in [3.05, 3.63) is 59.2 Å². The lowest BCUT2D eigenvalue weighted by molar-refractivity contribution is 0.0959. The fraction of sp³-hybridized carbons (Fsp3) is 0.111. The Hall–Kier alpha value is -2.51. The summed E-state index contributed by atoms with van der Waals surface area (Å²) in [6.45, 7) is 1.07. The Morgan fingerprint density at radius 1 is 1.04 bits per heavy atom. The Morgan fingerprint density at radius 2 is 1.92 bits per heavy atom. The molecule has 0 aliphatic carbocycles. The minimum Gasteiger partial charge on any atom is -0.360 e. The molecule has 0 radical (unpaired) electrons. The first-order chi connectivity index (χ1) is 12.2. The van der Waals surface area contributed by atoms with Crippen LogP contribution in [-0.4, -0.2) is 24.0 Å². The zero-order chi connectivity index (χ0) is 17.2. The smallest absolute Gasteiger partial charge is 0.261 e. The molecule has 0 bridgehead atoms. The van der Waals surface area contributed by atoms with Crippen LogP contribution < -0.4 is 10.6 Å². The SMILES string of the molecule is O=C(NCCNc1nc2ccccc2s1)c1cc2cc(F)ccc2s1. The highest BCUT2D eigenvalue weighted by molar-refractivity contribution is 7.22. The Balaban J connectivity index is 1.33. The van der Waals surface area contributed by atoms with Crippen molar-refractivity contribution in [3.8, 4) is 0 Å². The van der Waals surface area contributed by atoms with Crippen LogP contribution in [0.1, 0.15) is 9.67 Å². The van der Waals surface area contributed by atoms with E-state index in [-0.39, 0.29) is 11.7 Å². The van der Waals surface area contributed by atoms with Crippen molar-refractivity contribution < 1.29 is 9.18 Å². The van der Waals surface area contributed by atoms with Crippen LogP contribution in [0.4, 0.5) is 9.52 Å². The lowest BCUT2D eigenvalue weighted by Gasteiger charge is -2.04. The minimum atomic E-state index is -0.294. The average molecular weight is 371 g/mol. The summed E-state index contributed by atoms with van der Waals surface area (Å²) in [5, 5.41) is 7.69. The van der Waals surface area contributed by atoms with Crippen molar-refractivity contribution in [2.24, 2.45) is 0 Å². The van der Waals surface area contributed by atoms with E-state index in [1.165, 1.54) is 23.5 Å². The van der Waals surface area contributed by atoms with Gasteiger partial charge in [0.2, 0.25) is 0 Å². The summed E-state index contributed by atoms with van der Waals surface area (Å²) in [7, 11) is 0. The lowest BCUT2D eigenvalue weighted by atomic mass is 10.2. The zero-order valence-corrected chi connectivity index (χ0v) is 14.7. The summed E-state index contributed by atoms with van der Waals surface area (Å²) < 4.78 is 15.3. The van der Waals surface area contributed by atoms with Crippen molar-refractivity contribution >= 4 is 54.0 Å². The molecule has 0 spiro atoms. The van der Waals surface area contributed by atoms with Gasteiger partial charge in [-0.15, -0.1) is 11.3 Å². The highest BCUT2D eigenvalue weighted by Gasteiger charge is 2.10. The molecule has 2 N–H and O–H groups in total. The first-order valence-corrected chi connectivity index (χ1v) is 9.39. The summed E-state index contributed by atoms with van der Waals surface area (Å²) >= 11 is 2.95. The molecule has 0 saturated heterocycles. The molecular formula is C18H14FN3OS2. The normalized spacial score (nSPS) is 11.1. The Labute approximate surface area is 151 Å². The van der Waals surface area contributed by atoms with E-state index in [1.54, 1.807) is 23.5 Å². The second-order valence-corrected chi connectivity index (χ2v) is 7.58. The van der Waals surface area contributed by atoms with Crippen LogP contribution in [0.3, 0.4) is 0 Å². The number of halogens is 1. The van der Waals surface area contributed by atoms with Gasteiger partial charge in [-0.2, -0.15) is 0 Å². The van der Waals surface area contributed by atoms with Crippen LogP contribution in [-0.2, 0) is 0 Å². The monoisotopic (exact) mass is 371 g/mol. The highest BCUT2D eigenvalue weighted by atomic mass is 32.1. The third-order valence-corrected chi connectivity index (χ3v) is 5.79. The first kappa shape index (κ1) is 16.0. The maximum atomic E-state index is 13.2. The van der Waals surface area contributed by atoms with E-state index >= 15 is 0 Å². The van der Waals surface area contributed by atoms with E-state index in [9.17, 15) is 9.18 Å². The fourth-order valence-electron chi connectivity index (χ4n) is 2.51. The summed E-state index contributed by atoms with van der Waals surface area (Å²) in [5.41, 5.74) is 0.969. The number of nitrogens with zero attached hydrogens (tertiary/aromatic N) is 1. The predicted octanol–water partition coefficient (Wildman–Crippen LogP) is 4.49. The highest BCUT2D eigenvalue weighted by Crippen LogP contribution is 2.26. The van der Waals surface area contributed by atoms with Crippen molar-refractivity contribution in [1.82, 2.24) is 10.3 Å². The number of anilines is 1. The van der Waals surface area contributed by atoms with Gasteiger partial charge in [-0.1, -0.05) is 23.5 Å². The number of aromatic nitrogens is 1. The molecule has 0 aliphatic heterocycles. The van der Waals surface area contributed by atoms with E-state index in [0.29, 0.717) is 18.0 Å². The maximum Gasteiger partial charge on any atom is 0.261 e. The van der Waals surface area contributed by atoms with Gasteiger partial charge in [0, 0.05) is 17.8 Å². The number of benzene rings is 2. The Morgan fingerprint density at radius 3 is 2.80 bits per heavy atom. The topological polar surface area (TPSA) is 54.0 Å². The number of hydrogen-bond acceptors (Lipinski definition) is 5.